The van der Waals surface area contributed by atoms with Crippen LogP contribution in [-0.4, -0.2) is 19.0 Å². The molecule has 15 heavy (non-hydrogen) atoms. The van der Waals surface area contributed by atoms with E-state index in [1.165, 1.54) is 19.3 Å². The molecule has 2 rings (SSSR count). The van der Waals surface area contributed by atoms with Gasteiger partial charge in [0, 0.05) is 17.3 Å². The summed E-state index contributed by atoms with van der Waals surface area (Å²) in [5.41, 5.74) is 0.183. The summed E-state index contributed by atoms with van der Waals surface area (Å²) in [6.07, 6.45) is 3.80. The van der Waals surface area contributed by atoms with Gasteiger partial charge in [0.15, 0.2) is 5.79 Å². The van der Waals surface area contributed by atoms with Crippen LogP contribution in [-0.2, 0) is 9.47 Å². The molecule has 0 radical (unpaired) electrons. The summed E-state index contributed by atoms with van der Waals surface area (Å²) in [7, 11) is 0. The first-order chi connectivity index (χ1) is 6.96. The normalized spacial score (nSPS) is 39.2. The van der Waals surface area contributed by atoms with E-state index in [9.17, 15) is 0 Å². The second kappa shape index (κ2) is 3.74. The molecule has 2 unspecified atom stereocenters. The third kappa shape index (κ3) is 1.94. The monoisotopic (exact) mass is 212 g/mol. The first kappa shape index (κ1) is 11.4. The Kier molecular flexibility index (Phi) is 2.85. The molecule has 1 saturated heterocycles. The first-order valence-electron chi connectivity index (χ1n) is 6.24. The van der Waals surface area contributed by atoms with Gasteiger partial charge in [-0.1, -0.05) is 34.1 Å². The lowest BCUT2D eigenvalue weighted by Gasteiger charge is -2.52. The van der Waals surface area contributed by atoms with E-state index < -0.39 is 0 Å². The van der Waals surface area contributed by atoms with Gasteiger partial charge in [-0.3, -0.25) is 0 Å². The van der Waals surface area contributed by atoms with Gasteiger partial charge < -0.3 is 9.47 Å². The number of rotatable bonds is 0. The molecule has 0 amide bonds. The molecule has 0 aromatic rings. The summed E-state index contributed by atoms with van der Waals surface area (Å²) in [6, 6.07) is 0. The molecule has 2 fully saturated rings. The number of hydrogen-bond acceptors (Lipinski definition) is 2. The smallest absolute Gasteiger partial charge is 0.173 e. The summed E-state index contributed by atoms with van der Waals surface area (Å²) in [6.45, 7) is 10.6. The van der Waals surface area contributed by atoms with Crippen molar-refractivity contribution in [2.75, 3.05) is 13.2 Å². The summed E-state index contributed by atoms with van der Waals surface area (Å²) < 4.78 is 12.2. The summed E-state index contributed by atoms with van der Waals surface area (Å²) in [4.78, 5) is 0. The van der Waals surface area contributed by atoms with Gasteiger partial charge in [0.2, 0.25) is 0 Å². The molecule has 2 atom stereocenters. The Bertz CT molecular complexity index is 213. The molecule has 0 aromatic heterocycles. The van der Waals surface area contributed by atoms with Crippen molar-refractivity contribution in [1.82, 2.24) is 0 Å². The Labute approximate surface area is 93.3 Å². The van der Waals surface area contributed by atoms with E-state index in [-0.39, 0.29) is 11.2 Å². The fourth-order valence-corrected chi connectivity index (χ4v) is 2.89. The van der Waals surface area contributed by atoms with Crippen LogP contribution in [0.4, 0.5) is 0 Å². The molecule has 2 heteroatoms. The maximum Gasteiger partial charge on any atom is 0.173 e. The van der Waals surface area contributed by atoms with Crippen LogP contribution in [0.1, 0.15) is 47.0 Å². The van der Waals surface area contributed by atoms with Crippen molar-refractivity contribution in [3.05, 3.63) is 0 Å². The average Bonchev–Trinajstić information content (AvgIpc) is 2.16. The van der Waals surface area contributed by atoms with Crippen molar-refractivity contribution in [3.63, 3.8) is 0 Å². The highest BCUT2D eigenvalue weighted by molar-refractivity contribution is 4.90. The Morgan fingerprint density at radius 3 is 1.87 bits per heavy atom. The highest BCUT2D eigenvalue weighted by Crippen LogP contribution is 2.45. The summed E-state index contributed by atoms with van der Waals surface area (Å²) >= 11 is 0. The SMILES string of the molecule is CC1CCCC(C)C12OCC(C)(C)CO2. The molecule has 1 saturated carbocycles. The predicted octanol–water partition coefficient (Wildman–Crippen LogP) is 3.21. The molecule has 88 valence electrons. The molecule has 1 aliphatic heterocycles. The van der Waals surface area contributed by atoms with Crippen LogP contribution >= 0.6 is 0 Å². The standard InChI is InChI=1S/C13H24O2/c1-10-6-5-7-11(2)13(10)14-8-12(3,4)9-15-13/h10-11H,5-9H2,1-4H3. The molecular weight excluding hydrogens is 188 g/mol. The molecule has 0 bridgehead atoms. The second-order valence-corrected chi connectivity index (χ2v) is 6.20. The predicted molar refractivity (Wildman–Crippen MR) is 60.6 cm³/mol. The number of hydrogen-bond donors (Lipinski definition) is 0. The fraction of sp³-hybridized carbons (Fsp3) is 1.00. The van der Waals surface area contributed by atoms with Crippen molar-refractivity contribution in [1.29, 1.82) is 0 Å². The lowest BCUT2D eigenvalue weighted by molar-refractivity contribution is -0.349. The van der Waals surface area contributed by atoms with E-state index in [0.717, 1.165) is 13.2 Å². The van der Waals surface area contributed by atoms with Crippen molar-refractivity contribution < 1.29 is 9.47 Å². The first-order valence-corrected chi connectivity index (χ1v) is 6.24. The Balaban J connectivity index is 2.12. The topological polar surface area (TPSA) is 18.5 Å². The van der Waals surface area contributed by atoms with Crippen LogP contribution in [0, 0.1) is 17.3 Å². The number of ether oxygens (including phenoxy) is 2. The molecule has 0 N–H and O–H groups in total. The van der Waals surface area contributed by atoms with Gasteiger partial charge in [-0.15, -0.1) is 0 Å². The van der Waals surface area contributed by atoms with E-state index in [0.29, 0.717) is 11.8 Å². The minimum atomic E-state index is -0.270. The minimum Gasteiger partial charge on any atom is -0.349 e. The van der Waals surface area contributed by atoms with Gasteiger partial charge in [0.25, 0.3) is 0 Å². The van der Waals surface area contributed by atoms with Crippen molar-refractivity contribution in [3.8, 4) is 0 Å². The van der Waals surface area contributed by atoms with Crippen molar-refractivity contribution in [2.45, 2.75) is 52.7 Å². The van der Waals surface area contributed by atoms with Gasteiger partial charge in [0.05, 0.1) is 13.2 Å². The molecule has 2 nitrogen and oxygen atoms in total. The average molecular weight is 212 g/mol. The molecule has 1 spiro atoms. The molecule has 1 aliphatic carbocycles. The van der Waals surface area contributed by atoms with Gasteiger partial charge in [-0.05, 0) is 12.8 Å². The maximum atomic E-state index is 6.12. The van der Waals surface area contributed by atoms with Crippen LogP contribution < -0.4 is 0 Å². The van der Waals surface area contributed by atoms with Crippen molar-refractivity contribution in [2.24, 2.45) is 17.3 Å². The van der Waals surface area contributed by atoms with Crippen molar-refractivity contribution >= 4 is 0 Å². The van der Waals surface area contributed by atoms with Gasteiger partial charge in [-0.25, -0.2) is 0 Å². The van der Waals surface area contributed by atoms with Gasteiger partial charge >= 0.3 is 0 Å². The minimum absolute atomic E-state index is 0.183. The van der Waals surface area contributed by atoms with Crippen LogP contribution in [0.25, 0.3) is 0 Å². The maximum absolute atomic E-state index is 6.12. The zero-order valence-corrected chi connectivity index (χ0v) is 10.5. The van der Waals surface area contributed by atoms with E-state index in [1.54, 1.807) is 0 Å². The van der Waals surface area contributed by atoms with Crippen LogP contribution in [0.15, 0.2) is 0 Å². The second-order valence-electron chi connectivity index (χ2n) is 6.20. The molecule has 2 aliphatic rings. The molecule has 0 aromatic carbocycles. The Hall–Kier alpha value is -0.0800. The largest absolute Gasteiger partial charge is 0.349 e. The van der Waals surface area contributed by atoms with Crippen LogP contribution in [0.3, 0.4) is 0 Å². The lowest BCUT2D eigenvalue weighted by Crippen LogP contribution is -2.56. The highest BCUT2D eigenvalue weighted by Gasteiger charge is 2.49. The van der Waals surface area contributed by atoms with E-state index in [4.69, 9.17) is 9.47 Å². The quantitative estimate of drug-likeness (QED) is 0.614. The molecule has 1 heterocycles. The van der Waals surface area contributed by atoms with E-state index in [2.05, 4.69) is 27.7 Å². The Morgan fingerprint density at radius 1 is 0.933 bits per heavy atom. The Morgan fingerprint density at radius 2 is 1.40 bits per heavy atom. The van der Waals surface area contributed by atoms with E-state index >= 15 is 0 Å². The zero-order chi connectivity index (χ0) is 11.1. The van der Waals surface area contributed by atoms with Crippen LogP contribution in [0.2, 0.25) is 0 Å². The molecular formula is C13H24O2. The summed E-state index contributed by atoms with van der Waals surface area (Å²) in [5.74, 6) is 0.808. The highest BCUT2D eigenvalue weighted by atomic mass is 16.7. The lowest BCUT2D eigenvalue weighted by atomic mass is 9.76. The van der Waals surface area contributed by atoms with E-state index in [1.807, 2.05) is 0 Å². The summed E-state index contributed by atoms with van der Waals surface area (Å²) in [5, 5.41) is 0. The third-order valence-electron chi connectivity index (χ3n) is 4.03. The van der Waals surface area contributed by atoms with Gasteiger partial charge in [0.1, 0.15) is 0 Å². The fourth-order valence-electron chi connectivity index (χ4n) is 2.89. The van der Waals surface area contributed by atoms with Gasteiger partial charge in [-0.2, -0.15) is 0 Å². The third-order valence-corrected chi connectivity index (χ3v) is 4.03. The van der Waals surface area contributed by atoms with Crippen LogP contribution in [0.5, 0.6) is 0 Å². The zero-order valence-electron chi connectivity index (χ0n) is 10.5.